The Balaban J connectivity index is 1.86. The highest BCUT2D eigenvalue weighted by molar-refractivity contribution is 5.74. The van der Waals surface area contributed by atoms with Gasteiger partial charge in [0.05, 0.1) is 0 Å². The summed E-state index contributed by atoms with van der Waals surface area (Å²) in [5.41, 5.74) is 0. The molecule has 2 aliphatic rings. The van der Waals surface area contributed by atoms with Crippen LogP contribution in [0.4, 0.5) is 4.79 Å². The normalized spacial score (nSPS) is 23.2. The lowest BCUT2D eigenvalue weighted by molar-refractivity contribution is 0.129. The molecule has 0 aromatic rings. The fourth-order valence-electron chi connectivity index (χ4n) is 2.66. The van der Waals surface area contributed by atoms with Gasteiger partial charge in [0.25, 0.3) is 0 Å². The minimum absolute atomic E-state index is 0.242. The van der Waals surface area contributed by atoms with E-state index in [0.717, 1.165) is 39.0 Å². The van der Waals surface area contributed by atoms with E-state index in [1.54, 1.807) is 0 Å². The molecule has 0 spiro atoms. The zero-order valence-electron chi connectivity index (χ0n) is 10.2. The monoisotopic (exact) mass is 225 g/mol. The Morgan fingerprint density at radius 2 is 1.81 bits per heavy atom. The Bertz CT molecular complexity index is 232. The summed E-state index contributed by atoms with van der Waals surface area (Å²) >= 11 is 0. The summed E-state index contributed by atoms with van der Waals surface area (Å²) in [7, 11) is 1.97. The molecule has 0 saturated carbocycles. The Kier molecular flexibility index (Phi) is 4.04. The molecule has 2 saturated heterocycles. The molecule has 2 aliphatic heterocycles. The van der Waals surface area contributed by atoms with Gasteiger partial charge in [-0.3, -0.25) is 0 Å². The van der Waals surface area contributed by atoms with E-state index >= 15 is 0 Å². The molecule has 1 N–H and O–H groups in total. The molecule has 0 unspecified atom stereocenters. The van der Waals surface area contributed by atoms with Gasteiger partial charge in [-0.15, -0.1) is 0 Å². The minimum Gasteiger partial charge on any atom is -0.325 e. The van der Waals surface area contributed by atoms with Gasteiger partial charge in [-0.25, -0.2) is 4.79 Å². The molecule has 92 valence electrons. The summed E-state index contributed by atoms with van der Waals surface area (Å²) in [6.07, 6.45) is 5.81. The molecule has 0 aliphatic carbocycles. The third kappa shape index (κ3) is 2.67. The second kappa shape index (κ2) is 5.53. The maximum atomic E-state index is 12.2. The Labute approximate surface area is 98.0 Å². The van der Waals surface area contributed by atoms with Gasteiger partial charge < -0.3 is 15.1 Å². The first-order chi connectivity index (χ1) is 7.79. The quantitative estimate of drug-likeness (QED) is 0.729. The molecule has 4 nitrogen and oxygen atoms in total. The van der Waals surface area contributed by atoms with E-state index in [-0.39, 0.29) is 6.03 Å². The maximum absolute atomic E-state index is 12.2. The molecule has 0 radical (unpaired) electrons. The largest absolute Gasteiger partial charge is 0.325 e. The van der Waals surface area contributed by atoms with E-state index in [9.17, 15) is 4.79 Å². The number of likely N-dealkylation sites (tertiary alicyclic amines) is 1. The Hall–Kier alpha value is -0.770. The van der Waals surface area contributed by atoms with Crippen LogP contribution in [-0.2, 0) is 0 Å². The third-order valence-corrected chi connectivity index (χ3v) is 3.78. The van der Waals surface area contributed by atoms with Gasteiger partial charge >= 0.3 is 6.03 Å². The molecule has 0 aromatic heterocycles. The summed E-state index contributed by atoms with van der Waals surface area (Å²) < 4.78 is 0. The molecule has 0 bridgehead atoms. The van der Waals surface area contributed by atoms with Crippen LogP contribution in [0.3, 0.4) is 0 Å². The van der Waals surface area contributed by atoms with Crippen LogP contribution in [0, 0.1) is 0 Å². The van der Waals surface area contributed by atoms with Crippen LogP contribution in [0.5, 0.6) is 0 Å². The third-order valence-electron chi connectivity index (χ3n) is 3.78. The van der Waals surface area contributed by atoms with E-state index in [4.69, 9.17) is 0 Å². The van der Waals surface area contributed by atoms with Crippen molar-refractivity contribution in [2.24, 2.45) is 0 Å². The Morgan fingerprint density at radius 3 is 2.44 bits per heavy atom. The van der Waals surface area contributed by atoms with Crippen molar-refractivity contribution in [2.75, 3.05) is 33.2 Å². The molecule has 2 fully saturated rings. The molecular formula is C12H23N3O. The van der Waals surface area contributed by atoms with Gasteiger partial charge in [0.1, 0.15) is 0 Å². The lowest BCUT2D eigenvalue weighted by Crippen LogP contribution is -2.50. The van der Waals surface area contributed by atoms with Crippen LogP contribution in [0.15, 0.2) is 0 Å². The molecule has 2 rings (SSSR count). The number of piperidine rings is 2. The number of hydrogen-bond acceptors (Lipinski definition) is 2. The lowest BCUT2D eigenvalue weighted by atomic mass is 10.1. The van der Waals surface area contributed by atoms with Gasteiger partial charge in [-0.05, 0) is 45.2 Å². The molecule has 2 amide bonds. The number of nitrogens with zero attached hydrogens (tertiary/aromatic N) is 2. The lowest BCUT2D eigenvalue weighted by Gasteiger charge is -2.37. The summed E-state index contributed by atoms with van der Waals surface area (Å²) in [5, 5.41) is 3.34. The standard InChI is InChI=1S/C12H23N3O/c1-14(11-5-7-13-8-6-11)12(16)15-9-3-2-4-10-15/h11,13H,2-10H2,1H3. The highest BCUT2D eigenvalue weighted by Gasteiger charge is 2.26. The van der Waals surface area contributed by atoms with Crippen molar-refractivity contribution >= 4 is 6.03 Å². The average molecular weight is 225 g/mol. The number of carbonyl (C=O) groups excluding carboxylic acids is 1. The van der Waals surface area contributed by atoms with Crippen molar-refractivity contribution < 1.29 is 4.79 Å². The Morgan fingerprint density at radius 1 is 1.19 bits per heavy atom. The van der Waals surface area contributed by atoms with Crippen LogP contribution in [-0.4, -0.2) is 55.1 Å². The second-order valence-corrected chi connectivity index (χ2v) is 4.92. The van der Waals surface area contributed by atoms with Crippen LogP contribution in [0.1, 0.15) is 32.1 Å². The van der Waals surface area contributed by atoms with Gasteiger partial charge in [0, 0.05) is 26.2 Å². The summed E-state index contributed by atoms with van der Waals surface area (Å²) in [6, 6.07) is 0.683. The smallest absolute Gasteiger partial charge is 0.319 e. The fraction of sp³-hybridized carbons (Fsp3) is 0.917. The highest BCUT2D eigenvalue weighted by Crippen LogP contribution is 2.15. The van der Waals surface area contributed by atoms with Crippen molar-refractivity contribution in [3.63, 3.8) is 0 Å². The first kappa shape index (κ1) is 11.7. The maximum Gasteiger partial charge on any atom is 0.319 e. The number of urea groups is 1. The van der Waals surface area contributed by atoms with Crippen LogP contribution in [0.25, 0.3) is 0 Å². The van der Waals surface area contributed by atoms with Crippen molar-refractivity contribution in [3.8, 4) is 0 Å². The number of rotatable bonds is 1. The van der Waals surface area contributed by atoms with Gasteiger partial charge in [-0.1, -0.05) is 0 Å². The predicted octanol–water partition coefficient (Wildman–Crippen LogP) is 1.28. The van der Waals surface area contributed by atoms with Gasteiger partial charge in [0.15, 0.2) is 0 Å². The summed E-state index contributed by atoms with van der Waals surface area (Å²) in [5.74, 6) is 0. The van der Waals surface area contributed by atoms with E-state index in [0.29, 0.717) is 6.04 Å². The predicted molar refractivity (Wildman–Crippen MR) is 64.5 cm³/mol. The highest BCUT2D eigenvalue weighted by atomic mass is 16.2. The minimum atomic E-state index is 0.242. The zero-order chi connectivity index (χ0) is 11.4. The van der Waals surface area contributed by atoms with E-state index in [2.05, 4.69) is 5.32 Å². The van der Waals surface area contributed by atoms with Crippen molar-refractivity contribution in [2.45, 2.75) is 38.1 Å². The summed E-state index contributed by atoms with van der Waals surface area (Å²) in [4.78, 5) is 16.2. The van der Waals surface area contributed by atoms with E-state index in [1.807, 2.05) is 16.8 Å². The average Bonchev–Trinajstić information content (AvgIpc) is 2.39. The topological polar surface area (TPSA) is 35.6 Å². The summed E-state index contributed by atoms with van der Waals surface area (Å²) in [6.45, 7) is 3.99. The number of hydrogen-bond donors (Lipinski definition) is 1. The molecule has 0 aromatic carbocycles. The number of nitrogens with one attached hydrogen (secondary N) is 1. The van der Waals surface area contributed by atoms with Gasteiger partial charge in [0.2, 0.25) is 0 Å². The van der Waals surface area contributed by atoms with E-state index < -0.39 is 0 Å². The van der Waals surface area contributed by atoms with Crippen molar-refractivity contribution in [1.29, 1.82) is 0 Å². The first-order valence-electron chi connectivity index (χ1n) is 6.51. The van der Waals surface area contributed by atoms with E-state index in [1.165, 1.54) is 19.3 Å². The molecule has 0 atom stereocenters. The van der Waals surface area contributed by atoms with Crippen molar-refractivity contribution in [1.82, 2.24) is 15.1 Å². The SMILES string of the molecule is CN(C(=O)N1CCCCC1)C1CCNCC1. The molecular weight excluding hydrogens is 202 g/mol. The zero-order valence-corrected chi connectivity index (χ0v) is 10.2. The number of amides is 2. The fourth-order valence-corrected chi connectivity index (χ4v) is 2.66. The molecule has 4 heteroatoms. The first-order valence-corrected chi connectivity index (χ1v) is 6.51. The van der Waals surface area contributed by atoms with Gasteiger partial charge in [-0.2, -0.15) is 0 Å². The molecule has 16 heavy (non-hydrogen) atoms. The van der Waals surface area contributed by atoms with Crippen molar-refractivity contribution in [3.05, 3.63) is 0 Å². The number of carbonyl (C=O) groups is 1. The van der Waals surface area contributed by atoms with Crippen LogP contribution >= 0.6 is 0 Å². The van der Waals surface area contributed by atoms with Crippen LogP contribution < -0.4 is 5.32 Å². The second-order valence-electron chi connectivity index (χ2n) is 4.92. The molecule has 2 heterocycles. The van der Waals surface area contributed by atoms with Crippen LogP contribution in [0.2, 0.25) is 0 Å².